The second kappa shape index (κ2) is 11.7. The fourth-order valence-electron chi connectivity index (χ4n) is 3.26. The van der Waals surface area contributed by atoms with Crippen LogP contribution in [-0.4, -0.2) is 54.1 Å². The van der Waals surface area contributed by atoms with Crippen LogP contribution in [-0.2, 0) is 29.2 Å². The predicted molar refractivity (Wildman–Crippen MR) is 111 cm³/mol. The maximum Gasteiger partial charge on any atom is 0.129 e. The molecule has 0 radical (unpaired) electrons. The van der Waals surface area contributed by atoms with Gasteiger partial charge in [-0.3, -0.25) is 4.90 Å². The molecular weight excluding hydrogens is 387 g/mol. The normalized spacial score (nSPS) is 12.5. The molecule has 1 N–H and O–H groups in total. The third-order valence-electron chi connectivity index (χ3n) is 4.79. The smallest absolute Gasteiger partial charge is 0.129 e. The molecule has 0 aliphatic rings. The minimum atomic E-state index is -0.627. The van der Waals surface area contributed by atoms with Crippen molar-refractivity contribution in [2.45, 2.75) is 25.8 Å². The minimum absolute atomic E-state index is 0.223. The molecule has 6 nitrogen and oxygen atoms in total. The molecule has 0 aliphatic carbocycles. The summed E-state index contributed by atoms with van der Waals surface area (Å²) in [6.07, 6.45) is 2.98. The van der Waals surface area contributed by atoms with Gasteiger partial charge in [-0.05, 0) is 42.0 Å². The van der Waals surface area contributed by atoms with Crippen LogP contribution in [0.25, 0.3) is 0 Å². The quantitative estimate of drug-likeness (QED) is 0.463. The van der Waals surface area contributed by atoms with Gasteiger partial charge in [-0.2, -0.15) is 0 Å². The molecule has 7 heteroatoms. The molecule has 0 saturated carbocycles. The number of hydrogen-bond donors (Lipinski definition) is 1. The lowest BCUT2D eigenvalue weighted by Gasteiger charge is -2.25. The highest BCUT2D eigenvalue weighted by atomic mass is 19.1. The van der Waals surface area contributed by atoms with Crippen LogP contribution in [0.5, 0.6) is 0 Å². The molecule has 0 saturated heterocycles. The molecule has 0 fully saturated rings. The number of rotatable bonds is 13. The zero-order valence-electron chi connectivity index (χ0n) is 17.2. The van der Waals surface area contributed by atoms with Gasteiger partial charge in [0.25, 0.3) is 0 Å². The summed E-state index contributed by atoms with van der Waals surface area (Å²) >= 11 is 0. The van der Waals surface area contributed by atoms with Gasteiger partial charge in [0, 0.05) is 45.2 Å². The Balaban J connectivity index is 1.55. The van der Waals surface area contributed by atoms with Gasteiger partial charge in [-0.15, -0.1) is 0 Å². The van der Waals surface area contributed by atoms with E-state index in [9.17, 15) is 9.50 Å². The maximum absolute atomic E-state index is 13.2. The van der Waals surface area contributed by atoms with Crippen molar-refractivity contribution in [2.24, 2.45) is 0 Å². The fourth-order valence-corrected chi connectivity index (χ4v) is 3.26. The summed E-state index contributed by atoms with van der Waals surface area (Å²) in [5, 5.41) is 10.4. The van der Waals surface area contributed by atoms with Crippen molar-refractivity contribution in [3.63, 3.8) is 0 Å². The van der Waals surface area contributed by atoms with Crippen LogP contribution in [0.3, 0.4) is 0 Å². The van der Waals surface area contributed by atoms with Crippen molar-refractivity contribution in [1.29, 1.82) is 0 Å². The first kappa shape index (κ1) is 22.2. The number of aliphatic hydroxyl groups excluding tert-OH is 1. The Morgan fingerprint density at radius 3 is 2.73 bits per heavy atom. The van der Waals surface area contributed by atoms with Crippen molar-refractivity contribution < 1.29 is 23.4 Å². The Bertz CT molecular complexity index is 848. The molecule has 2 aromatic heterocycles. The number of methoxy groups -OCH3 is 1. The Kier molecular flexibility index (Phi) is 8.65. The van der Waals surface area contributed by atoms with Crippen LogP contribution < -0.4 is 0 Å². The Labute approximate surface area is 176 Å². The van der Waals surface area contributed by atoms with Crippen molar-refractivity contribution in [3.8, 4) is 0 Å². The lowest BCUT2D eigenvalue weighted by Crippen LogP contribution is -2.37. The predicted octanol–water partition coefficient (Wildman–Crippen LogP) is 3.29. The molecule has 30 heavy (non-hydrogen) atoms. The van der Waals surface area contributed by atoms with Crippen molar-refractivity contribution >= 4 is 0 Å². The van der Waals surface area contributed by atoms with Crippen LogP contribution in [0.2, 0.25) is 0 Å². The molecule has 1 aromatic carbocycles. The number of aromatic nitrogens is 1. The minimum Gasteiger partial charge on any atom is -0.467 e. The van der Waals surface area contributed by atoms with Gasteiger partial charge < -0.3 is 23.6 Å². The highest BCUT2D eigenvalue weighted by Gasteiger charge is 2.15. The summed E-state index contributed by atoms with van der Waals surface area (Å²) in [7, 11) is 1.66. The number of halogens is 1. The number of benzene rings is 1. The van der Waals surface area contributed by atoms with Crippen LogP contribution in [0.1, 0.15) is 17.0 Å². The van der Waals surface area contributed by atoms with E-state index in [-0.39, 0.29) is 12.4 Å². The highest BCUT2D eigenvalue weighted by molar-refractivity contribution is 5.18. The van der Waals surface area contributed by atoms with E-state index in [0.717, 1.165) is 17.0 Å². The zero-order valence-corrected chi connectivity index (χ0v) is 17.2. The van der Waals surface area contributed by atoms with Crippen molar-refractivity contribution in [2.75, 3.05) is 33.4 Å². The van der Waals surface area contributed by atoms with Gasteiger partial charge in [-0.25, -0.2) is 4.39 Å². The van der Waals surface area contributed by atoms with Crippen molar-refractivity contribution in [1.82, 2.24) is 9.47 Å². The molecule has 0 bridgehead atoms. The average Bonchev–Trinajstić information content (AvgIpc) is 3.40. The van der Waals surface area contributed by atoms with Gasteiger partial charge in [0.05, 0.1) is 25.6 Å². The van der Waals surface area contributed by atoms with E-state index in [4.69, 9.17) is 13.9 Å². The maximum atomic E-state index is 13.2. The zero-order chi connectivity index (χ0) is 21.2. The van der Waals surface area contributed by atoms with Gasteiger partial charge in [0.15, 0.2) is 0 Å². The van der Waals surface area contributed by atoms with Gasteiger partial charge in [-0.1, -0.05) is 12.1 Å². The summed E-state index contributed by atoms with van der Waals surface area (Å²) in [6.45, 7) is 3.60. The number of furan rings is 1. The number of hydrogen-bond acceptors (Lipinski definition) is 5. The summed E-state index contributed by atoms with van der Waals surface area (Å²) in [6, 6.07) is 14.2. The van der Waals surface area contributed by atoms with Crippen LogP contribution in [0, 0.1) is 5.82 Å². The SMILES string of the molecule is COCCN(Cc1cccn1Cc1ccc(F)cc1)CC(O)COCc1ccco1. The van der Waals surface area contributed by atoms with Crippen LogP contribution in [0.15, 0.2) is 65.4 Å². The summed E-state index contributed by atoms with van der Waals surface area (Å²) in [5.41, 5.74) is 2.14. The molecule has 0 aliphatic heterocycles. The van der Waals surface area contributed by atoms with Crippen LogP contribution in [0.4, 0.5) is 4.39 Å². The first-order valence-corrected chi connectivity index (χ1v) is 10.0. The summed E-state index contributed by atoms with van der Waals surface area (Å²) in [4.78, 5) is 2.14. The number of ether oxygens (including phenoxy) is 2. The van der Waals surface area contributed by atoms with E-state index < -0.39 is 6.10 Å². The Hall–Kier alpha value is -2.45. The van der Waals surface area contributed by atoms with E-state index >= 15 is 0 Å². The van der Waals surface area contributed by atoms with E-state index in [1.54, 1.807) is 25.5 Å². The molecule has 1 unspecified atom stereocenters. The fraction of sp³-hybridized carbons (Fsp3) is 0.391. The van der Waals surface area contributed by atoms with Gasteiger partial charge in [0.1, 0.15) is 18.2 Å². The van der Waals surface area contributed by atoms with E-state index in [2.05, 4.69) is 15.5 Å². The topological polar surface area (TPSA) is 60.0 Å². The van der Waals surface area contributed by atoms with E-state index in [0.29, 0.717) is 39.4 Å². The van der Waals surface area contributed by atoms with Crippen LogP contribution >= 0.6 is 0 Å². The monoisotopic (exact) mass is 416 g/mol. The lowest BCUT2D eigenvalue weighted by atomic mass is 10.2. The lowest BCUT2D eigenvalue weighted by molar-refractivity contribution is 0.000155. The molecule has 3 aromatic rings. The second-order valence-corrected chi connectivity index (χ2v) is 7.23. The molecule has 162 valence electrons. The molecular formula is C23H29FN2O4. The standard InChI is InChI=1S/C23H29FN2O4/c1-28-13-11-25(16-22(27)17-29-18-23-5-3-12-30-23)15-21-4-2-10-26(21)14-19-6-8-20(24)9-7-19/h2-10,12,22,27H,11,13-18H2,1H3. The molecule has 2 heterocycles. The Morgan fingerprint density at radius 2 is 2.00 bits per heavy atom. The van der Waals surface area contributed by atoms with Gasteiger partial charge >= 0.3 is 0 Å². The second-order valence-electron chi connectivity index (χ2n) is 7.23. The van der Waals surface area contributed by atoms with E-state index in [1.807, 2.05) is 24.4 Å². The molecule has 3 rings (SSSR count). The third-order valence-corrected chi connectivity index (χ3v) is 4.79. The first-order valence-electron chi connectivity index (χ1n) is 10.0. The number of nitrogens with zero attached hydrogens (tertiary/aromatic N) is 2. The average molecular weight is 416 g/mol. The largest absolute Gasteiger partial charge is 0.467 e. The first-order chi connectivity index (χ1) is 14.6. The molecule has 0 spiro atoms. The molecule has 1 atom stereocenters. The summed E-state index contributed by atoms with van der Waals surface area (Å²) in [5.74, 6) is 0.498. The number of aliphatic hydroxyl groups is 1. The van der Waals surface area contributed by atoms with E-state index in [1.165, 1.54) is 12.1 Å². The third kappa shape index (κ3) is 7.11. The molecule has 0 amide bonds. The highest BCUT2D eigenvalue weighted by Crippen LogP contribution is 2.12. The van der Waals surface area contributed by atoms with Gasteiger partial charge in [0.2, 0.25) is 0 Å². The Morgan fingerprint density at radius 1 is 1.17 bits per heavy atom. The van der Waals surface area contributed by atoms with Crippen molar-refractivity contribution in [3.05, 3.63) is 83.8 Å². The summed E-state index contributed by atoms with van der Waals surface area (Å²) < 4.78 is 31.3.